The van der Waals surface area contributed by atoms with E-state index >= 15 is 0 Å². The fourth-order valence-corrected chi connectivity index (χ4v) is 2.71. The third kappa shape index (κ3) is 4.73. The normalized spacial score (nSPS) is 15.4. The Labute approximate surface area is 154 Å². The molecule has 1 N–H and O–H groups in total. The van der Waals surface area contributed by atoms with Gasteiger partial charge in [0.1, 0.15) is 0 Å². The van der Waals surface area contributed by atoms with E-state index in [0.717, 1.165) is 26.2 Å². The Morgan fingerprint density at radius 3 is 2.25 bits per heavy atom. The molecule has 1 aliphatic heterocycles. The second-order valence-corrected chi connectivity index (χ2v) is 4.99. The number of ether oxygens (including phenoxy) is 2. The van der Waals surface area contributed by atoms with Crippen LogP contribution in [0.4, 0.5) is 5.69 Å². The molecule has 1 heterocycles. The Morgan fingerprint density at radius 2 is 1.79 bits per heavy atom. The van der Waals surface area contributed by atoms with E-state index in [1.807, 2.05) is 0 Å². The highest BCUT2D eigenvalue weighted by Crippen LogP contribution is 2.39. The first-order valence-corrected chi connectivity index (χ1v) is 7.10. The van der Waals surface area contributed by atoms with Gasteiger partial charge in [0.2, 0.25) is 0 Å². The molecule has 1 atom stereocenters. The molecular formula is C15H23Cl2N3O4. The molecule has 136 valence electrons. The van der Waals surface area contributed by atoms with Gasteiger partial charge in [-0.25, -0.2) is 0 Å². The minimum absolute atomic E-state index is 0. The van der Waals surface area contributed by atoms with Crippen molar-refractivity contribution in [3.05, 3.63) is 40.5 Å². The fraction of sp³-hybridized carbons (Fsp3) is 0.467. The van der Waals surface area contributed by atoms with E-state index in [-0.39, 0.29) is 36.5 Å². The van der Waals surface area contributed by atoms with Crippen LogP contribution in [0.25, 0.3) is 0 Å². The molecule has 0 aromatic heterocycles. The van der Waals surface area contributed by atoms with E-state index in [4.69, 9.17) is 9.47 Å². The van der Waals surface area contributed by atoms with Crippen LogP contribution in [0, 0.1) is 10.1 Å². The Bertz CT molecular complexity index is 566. The standard InChI is InChI=1S/C15H21N3O4.2ClH/c1-4-12(17-7-5-16-6-8-17)11-9-14(21-2)15(22-3)10-13(11)18(19)20;;/h4,9-10,12,16H,1,5-8H2,2-3H3;2*1H/t12-;;/m0../s1. The molecule has 0 amide bonds. The second kappa shape index (κ2) is 10.4. The third-order valence-corrected chi connectivity index (χ3v) is 3.82. The summed E-state index contributed by atoms with van der Waals surface area (Å²) in [6.07, 6.45) is 1.74. The summed E-state index contributed by atoms with van der Waals surface area (Å²) in [4.78, 5) is 13.2. The average Bonchev–Trinajstić information content (AvgIpc) is 2.55. The molecule has 1 fully saturated rings. The highest BCUT2D eigenvalue weighted by atomic mass is 35.5. The lowest BCUT2D eigenvalue weighted by Gasteiger charge is -2.33. The number of rotatable bonds is 6. The van der Waals surface area contributed by atoms with Crippen molar-refractivity contribution >= 4 is 30.5 Å². The molecule has 0 bridgehead atoms. The summed E-state index contributed by atoms with van der Waals surface area (Å²) in [5, 5.41) is 14.7. The monoisotopic (exact) mass is 379 g/mol. The molecule has 0 unspecified atom stereocenters. The molecule has 1 aliphatic rings. The van der Waals surface area contributed by atoms with Gasteiger partial charge in [-0.05, 0) is 6.07 Å². The summed E-state index contributed by atoms with van der Waals surface area (Å²) >= 11 is 0. The van der Waals surface area contributed by atoms with Crippen LogP contribution in [-0.2, 0) is 0 Å². The molecule has 2 rings (SSSR count). The van der Waals surface area contributed by atoms with Gasteiger partial charge >= 0.3 is 0 Å². The number of nitro groups is 1. The van der Waals surface area contributed by atoms with Crippen molar-refractivity contribution in [2.24, 2.45) is 0 Å². The number of piperazine rings is 1. The van der Waals surface area contributed by atoms with Gasteiger partial charge in [-0.15, -0.1) is 31.4 Å². The topological polar surface area (TPSA) is 76.9 Å². The maximum absolute atomic E-state index is 11.4. The molecule has 0 spiro atoms. The molecule has 0 radical (unpaired) electrons. The van der Waals surface area contributed by atoms with Gasteiger partial charge in [0.05, 0.1) is 36.8 Å². The van der Waals surface area contributed by atoms with Crippen LogP contribution < -0.4 is 14.8 Å². The van der Waals surface area contributed by atoms with Gasteiger partial charge in [0.15, 0.2) is 11.5 Å². The minimum atomic E-state index is -0.393. The maximum Gasteiger partial charge on any atom is 0.278 e. The number of methoxy groups -OCH3 is 2. The summed E-state index contributed by atoms with van der Waals surface area (Å²) in [6, 6.07) is 2.85. The number of nitrogens with one attached hydrogen (secondary N) is 1. The van der Waals surface area contributed by atoms with Crippen LogP contribution >= 0.6 is 24.8 Å². The first kappa shape index (κ1) is 22.5. The lowest BCUT2D eigenvalue weighted by molar-refractivity contribution is -0.386. The predicted octanol–water partition coefficient (Wildman–Crippen LogP) is 2.59. The largest absolute Gasteiger partial charge is 0.493 e. The Balaban J connectivity index is 0.00000264. The van der Waals surface area contributed by atoms with Gasteiger partial charge in [0.25, 0.3) is 5.69 Å². The lowest BCUT2D eigenvalue weighted by atomic mass is 10.0. The summed E-state index contributed by atoms with van der Waals surface area (Å²) in [5.74, 6) is 0.825. The molecule has 9 heteroatoms. The van der Waals surface area contributed by atoms with Crippen LogP contribution in [0.1, 0.15) is 11.6 Å². The van der Waals surface area contributed by atoms with Crippen LogP contribution in [0.3, 0.4) is 0 Å². The highest BCUT2D eigenvalue weighted by Gasteiger charge is 2.28. The summed E-state index contributed by atoms with van der Waals surface area (Å²) in [6.45, 7) is 7.18. The van der Waals surface area contributed by atoms with Gasteiger partial charge in [0, 0.05) is 26.2 Å². The number of nitro benzene ring substituents is 1. The Kier molecular flexibility index (Phi) is 9.69. The van der Waals surface area contributed by atoms with Gasteiger partial charge < -0.3 is 14.8 Å². The minimum Gasteiger partial charge on any atom is -0.493 e. The van der Waals surface area contributed by atoms with E-state index < -0.39 is 4.92 Å². The van der Waals surface area contributed by atoms with Crippen molar-refractivity contribution in [2.45, 2.75) is 6.04 Å². The van der Waals surface area contributed by atoms with E-state index in [0.29, 0.717) is 17.1 Å². The first-order chi connectivity index (χ1) is 10.6. The van der Waals surface area contributed by atoms with Crippen molar-refractivity contribution < 1.29 is 14.4 Å². The number of hydrogen-bond donors (Lipinski definition) is 1. The fourth-order valence-electron chi connectivity index (χ4n) is 2.71. The first-order valence-electron chi connectivity index (χ1n) is 7.10. The summed E-state index contributed by atoms with van der Waals surface area (Å²) in [5.41, 5.74) is 0.584. The quantitative estimate of drug-likeness (QED) is 0.465. The number of halogens is 2. The van der Waals surface area contributed by atoms with Crippen molar-refractivity contribution in [3.63, 3.8) is 0 Å². The van der Waals surface area contributed by atoms with Gasteiger partial charge in [-0.3, -0.25) is 15.0 Å². The Hall–Kier alpha value is -1.54. The maximum atomic E-state index is 11.4. The van der Waals surface area contributed by atoms with E-state index in [1.54, 1.807) is 12.1 Å². The van der Waals surface area contributed by atoms with Crippen LogP contribution in [0.2, 0.25) is 0 Å². The van der Waals surface area contributed by atoms with Gasteiger partial charge in [-0.2, -0.15) is 0 Å². The van der Waals surface area contributed by atoms with Crippen LogP contribution in [0.15, 0.2) is 24.8 Å². The summed E-state index contributed by atoms with van der Waals surface area (Å²) < 4.78 is 10.4. The van der Waals surface area contributed by atoms with Gasteiger partial charge in [-0.1, -0.05) is 6.08 Å². The molecule has 0 saturated carbocycles. The molecule has 7 nitrogen and oxygen atoms in total. The number of hydrogen-bond acceptors (Lipinski definition) is 6. The van der Waals surface area contributed by atoms with E-state index in [2.05, 4.69) is 16.8 Å². The van der Waals surface area contributed by atoms with Crippen molar-refractivity contribution in [2.75, 3.05) is 40.4 Å². The zero-order valence-electron chi connectivity index (χ0n) is 13.7. The molecular weight excluding hydrogens is 357 g/mol. The summed E-state index contributed by atoms with van der Waals surface area (Å²) in [7, 11) is 2.98. The highest BCUT2D eigenvalue weighted by molar-refractivity contribution is 5.85. The van der Waals surface area contributed by atoms with Crippen molar-refractivity contribution in [1.82, 2.24) is 10.2 Å². The number of benzene rings is 1. The SMILES string of the molecule is C=C[C@@H](c1cc(OC)c(OC)cc1[N+](=O)[O-])N1CCNCC1.Cl.Cl. The van der Waals surface area contributed by atoms with Crippen LogP contribution in [-0.4, -0.2) is 50.2 Å². The number of nitrogens with zero attached hydrogens (tertiary/aromatic N) is 2. The van der Waals surface area contributed by atoms with E-state index in [1.165, 1.54) is 20.3 Å². The molecule has 1 aromatic rings. The molecule has 1 aromatic carbocycles. The van der Waals surface area contributed by atoms with E-state index in [9.17, 15) is 10.1 Å². The zero-order chi connectivity index (χ0) is 16.1. The van der Waals surface area contributed by atoms with Crippen LogP contribution in [0.5, 0.6) is 11.5 Å². The zero-order valence-corrected chi connectivity index (χ0v) is 15.3. The van der Waals surface area contributed by atoms with Crippen molar-refractivity contribution in [1.29, 1.82) is 0 Å². The predicted molar refractivity (Wildman–Crippen MR) is 98.1 cm³/mol. The smallest absolute Gasteiger partial charge is 0.278 e. The molecule has 24 heavy (non-hydrogen) atoms. The second-order valence-electron chi connectivity index (χ2n) is 4.99. The molecule has 1 saturated heterocycles. The van der Waals surface area contributed by atoms with Crippen molar-refractivity contribution in [3.8, 4) is 11.5 Å². The molecule has 0 aliphatic carbocycles. The average molecular weight is 380 g/mol. The third-order valence-electron chi connectivity index (χ3n) is 3.82. The Morgan fingerprint density at radius 1 is 1.25 bits per heavy atom. The lowest BCUT2D eigenvalue weighted by Crippen LogP contribution is -2.44.